The average Bonchev–Trinajstić information content (AvgIpc) is 2.61. The van der Waals surface area contributed by atoms with Crippen molar-refractivity contribution in [2.75, 3.05) is 26.1 Å². The first kappa shape index (κ1) is 17.3. The summed E-state index contributed by atoms with van der Waals surface area (Å²) in [6.07, 6.45) is 0. The zero-order valence-corrected chi connectivity index (χ0v) is 13.9. The van der Waals surface area contributed by atoms with Crippen LogP contribution in [0.4, 0.5) is 5.69 Å². The van der Waals surface area contributed by atoms with Crippen LogP contribution in [0.5, 0.6) is 11.5 Å². The summed E-state index contributed by atoms with van der Waals surface area (Å²) in [6.45, 7) is 2.38. The molecule has 0 aliphatic heterocycles. The fourth-order valence-electron chi connectivity index (χ4n) is 2.17. The standard InChI is InChI=1S/C18H20N2O4/c1-4-24-15-9-8-13(11-16(15)23-3)18(22)20-14-7-5-6-12(10-14)17(21)19-2/h5-11H,4H2,1-3H3,(H,19,21)(H,20,22). The Labute approximate surface area is 140 Å². The number of nitrogens with one attached hydrogen (secondary N) is 2. The van der Waals surface area contributed by atoms with E-state index < -0.39 is 0 Å². The molecular formula is C18H20N2O4. The monoisotopic (exact) mass is 328 g/mol. The summed E-state index contributed by atoms with van der Waals surface area (Å²) in [6, 6.07) is 11.7. The molecule has 0 spiro atoms. The van der Waals surface area contributed by atoms with Gasteiger partial charge in [0.25, 0.3) is 11.8 Å². The number of methoxy groups -OCH3 is 1. The number of hydrogen-bond donors (Lipinski definition) is 2. The number of amides is 2. The van der Waals surface area contributed by atoms with Crippen molar-refractivity contribution < 1.29 is 19.1 Å². The first-order valence-electron chi connectivity index (χ1n) is 7.53. The fourth-order valence-corrected chi connectivity index (χ4v) is 2.17. The van der Waals surface area contributed by atoms with Gasteiger partial charge in [-0.1, -0.05) is 6.07 Å². The van der Waals surface area contributed by atoms with Crippen molar-refractivity contribution in [2.24, 2.45) is 0 Å². The molecule has 126 valence electrons. The lowest BCUT2D eigenvalue weighted by Crippen LogP contribution is -2.18. The van der Waals surface area contributed by atoms with Crippen LogP contribution in [0.3, 0.4) is 0 Å². The van der Waals surface area contributed by atoms with Crippen molar-refractivity contribution >= 4 is 17.5 Å². The van der Waals surface area contributed by atoms with Crippen molar-refractivity contribution in [1.29, 1.82) is 0 Å². The van der Waals surface area contributed by atoms with Crippen molar-refractivity contribution in [1.82, 2.24) is 5.32 Å². The van der Waals surface area contributed by atoms with Gasteiger partial charge in [0.2, 0.25) is 0 Å². The second-order valence-electron chi connectivity index (χ2n) is 4.91. The Morgan fingerprint density at radius 2 is 1.75 bits per heavy atom. The van der Waals surface area contributed by atoms with Crippen molar-refractivity contribution in [3.05, 3.63) is 53.6 Å². The Bertz CT molecular complexity index is 744. The minimum Gasteiger partial charge on any atom is -0.493 e. The molecule has 0 fully saturated rings. The third-order valence-corrected chi connectivity index (χ3v) is 3.34. The van der Waals surface area contributed by atoms with E-state index in [2.05, 4.69) is 10.6 Å². The largest absolute Gasteiger partial charge is 0.493 e. The van der Waals surface area contributed by atoms with E-state index in [0.717, 1.165) is 0 Å². The predicted octanol–water partition coefficient (Wildman–Crippen LogP) is 2.71. The van der Waals surface area contributed by atoms with Crippen LogP contribution in [0.2, 0.25) is 0 Å². The van der Waals surface area contributed by atoms with E-state index in [1.54, 1.807) is 49.5 Å². The van der Waals surface area contributed by atoms with Gasteiger partial charge in [0, 0.05) is 23.9 Å². The number of rotatable bonds is 6. The highest BCUT2D eigenvalue weighted by Crippen LogP contribution is 2.28. The molecule has 2 N–H and O–H groups in total. The van der Waals surface area contributed by atoms with Crippen molar-refractivity contribution in [3.8, 4) is 11.5 Å². The molecule has 6 heteroatoms. The van der Waals surface area contributed by atoms with Gasteiger partial charge in [-0.2, -0.15) is 0 Å². The lowest BCUT2D eigenvalue weighted by molar-refractivity contribution is 0.0961. The molecule has 6 nitrogen and oxygen atoms in total. The number of anilines is 1. The Balaban J connectivity index is 2.19. The molecule has 0 aliphatic rings. The number of carbonyl (C=O) groups excluding carboxylic acids is 2. The molecule has 0 radical (unpaired) electrons. The van der Waals surface area contributed by atoms with Crippen LogP contribution in [0.25, 0.3) is 0 Å². The topological polar surface area (TPSA) is 76.7 Å². The highest BCUT2D eigenvalue weighted by molar-refractivity contribution is 6.05. The van der Waals surface area contributed by atoms with E-state index in [1.807, 2.05) is 6.92 Å². The first-order valence-corrected chi connectivity index (χ1v) is 7.53. The van der Waals surface area contributed by atoms with Gasteiger partial charge >= 0.3 is 0 Å². The molecule has 0 unspecified atom stereocenters. The second-order valence-corrected chi connectivity index (χ2v) is 4.91. The van der Waals surface area contributed by atoms with E-state index in [0.29, 0.717) is 34.9 Å². The van der Waals surface area contributed by atoms with Gasteiger partial charge in [0.15, 0.2) is 11.5 Å². The summed E-state index contributed by atoms with van der Waals surface area (Å²) in [5, 5.41) is 5.31. The van der Waals surface area contributed by atoms with E-state index in [-0.39, 0.29) is 11.8 Å². The molecular weight excluding hydrogens is 308 g/mol. The lowest BCUT2D eigenvalue weighted by atomic mass is 10.1. The van der Waals surface area contributed by atoms with Gasteiger partial charge in [-0.25, -0.2) is 0 Å². The summed E-state index contributed by atoms with van der Waals surface area (Å²) in [5.74, 6) is 0.556. The van der Waals surface area contributed by atoms with Crippen LogP contribution in [-0.2, 0) is 0 Å². The van der Waals surface area contributed by atoms with Crippen molar-refractivity contribution in [3.63, 3.8) is 0 Å². The Hall–Kier alpha value is -3.02. The molecule has 0 saturated heterocycles. The Morgan fingerprint density at radius 1 is 1.00 bits per heavy atom. The van der Waals surface area contributed by atoms with Crippen molar-refractivity contribution in [2.45, 2.75) is 6.92 Å². The Kier molecular flexibility index (Phi) is 5.78. The highest BCUT2D eigenvalue weighted by Gasteiger charge is 2.12. The van der Waals surface area contributed by atoms with Crippen LogP contribution in [0.1, 0.15) is 27.6 Å². The lowest BCUT2D eigenvalue weighted by Gasteiger charge is -2.11. The summed E-state index contributed by atoms with van der Waals surface area (Å²) in [7, 11) is 3.08. The fraction of sp³-hybridized carbons (Fsp3) is 0.222. The predicted molar refractivity (Wildman–Crippen MR) is 91.9 cm³/mol. The van der Waals surface area contributed by atoms with Gasteiger partial charge in [-0.05, 0) is 43.3 Å². The minimum atomic E-state index is -0.301. The maximum absolute atomic E-state index is 12.4. The molecule has 0 saturated carbocycles. The van der Waals surface area contributed by atoms with Gasteiger partial charge in [-0.15, -0.1) is 0 Å². The van der Waals surface area contributed by atoms with Gasteiger partial charge in [0.1, 0.15) is 0 Å². The zero-order chi connectivity index (χ0) is 17.5. The van der Waals surface area contributed by atoms with E-state index in [9.17, 15) is 9.59 Å². The molecule has 0 heterocycles. The molecule has 0 atom stereocenters. The first-order chi connectivity index (χ1) is 11.6. The normalized spacial score (nSPS) is 9.96. The Morgan fingerprint density at radius 3 is 2.42 bits per heavy atom. The van der Waals surface area contributed by atoms with Crippen LogP contribution < -0.4 is 20.1 Å². The molecule has 2 rings (SSSR count). The maximum atomic E-state index is 12.4. The summed E-state index contributed by atoms with van der Waals surface area (Å²) < 4.78 is 10.7. The molecule has 2 aromatic carbocycles. The van der Waals surface area contributed by atoms with Gasteiger partial charge < -0.3 is 20.1 Å². The number of hydrogen-bond acceptors (Lipinski definition) is 4. The molecule has 2 amide bonds. The molecule has 24 heavy (non-hydrogen) atoms. The van der Waals surface area contributed by atoms with Crippen LogP contribution in [-0.4, -0.2) is 32.6 Å². The van der Waals surface area contributed by atoms with Crippen LogP contribution in [0.15, 0.2) is 42.5 Å². The molecule has 0 bridgehead atoms. The van der Waals surface area contributed by atoms with Gasteiger partial charge in [0.05, 0.1) is 13.7 Å². The minimum absolute atomic E-state index is 0.214. The van der Waals surface area contributed by atoms with Crippen LogP contribution >= 0.6 is 0 Å². The third-order valence-electron chi connectivity index (χ3n) is 3.34. The maximum Gasteiger partial charge on any atom is 0.255 e. The number of carbonyl (C=O) groups is 2. The molecule has 0 aromatic heterocycles. The number of ether oxygens (including phenoxy) is 2. The van der Waals surface area contributed by atoms with Gasteiger partial charge in [-0.3, -0.25) is 9.59 Å². The summed E-state index contributed by atoms with van der Waals surface area (Å²) in [5.41, 5.74) is 1.44. The summed E-state index contributed by atoms with van der Waals surface area (Å²) >= 11 is 0. The van der Waals surface area contributed by atoms with E-state index in [4.69, 9.17) is 9.47 Å². The van der Waals surface area contributed by atoms with E-state index in [1.165, 1.54) is 7.11 Å². The second kappa shape index (κ2) is 8.01. The number of benzene rings is 2. The van der Waals surface area contributed by atoms with E-state index >= 15 is 0 Å². The SMILES string of the molecule is CCOc1ccc(C(=O)Nc2cccc(C(=O)NC)c2)cc1OC. The summed E-state index contributed by atoms with van der Waals surface area (Å²) in [4.78, 5) is 24.0. The highest BCUT2D eigenvalue weighted by atomic mass is 16.5. The smallest absolute Gasteiger partial charge is 0.255 e. The third kappa shape index (κ3) is 4.04. The molecule has 2 aromatic rings. The zero-order valence-electron chi connectivity index (χ0n) is 13.9. The quantitative estimate of drug-likeness (QED) is 0.855. The average molecular weight is 328 g/mol. The van der Waals surface area contributed by atoms with Crippen LogP contribution in [0, 0.1) is 0 Å². The molecule has 0 aliphatic carbocycles.